The van der Waals surface area contributed by atoms with E-state index in [4.69, 9.17) is 15.1 Å². The number of nitriles is 1. The monoisotopic (exact) mass is 246 g/mol. The van der Waals surface area contributed by atoms with Gasteiger partial charge in [0.25, 0.3) is 5.91 Å². The van der Waals surface area contributed by atoms with Gasteiger partial charge in [-0.05, 0) is 6.07 Å². The van der Waals surface area contributed by atoms with Crippen molar-refractivity contribution in [3.63, 3.8) is 0 Å². The first-order valence-electron chi connectivity index (χ1n) is 5.19. The van der Waals surface area contributed by atoms with Crippen molar-refractivity contribution in [2.75, 3.05) is 13.7 Å². The number of benzene rings is 1. The Hall–Kier alpha value is -2.55. The Morgan fingerprint density at radius 1 is 1.61 bits per heavy atom. The highest BCUT2D eigenvalue weighted by atomic mass is 16.5. The normalized spacial score (nSPS) is 17.2. The van der Waals surface area contributed by atoms with Gasteiger partial charge in [0, 0.05) is 5.56 Å². The van der Waals surface area contributed by atoms with E-state index in [1.54, 1.807) is 18.2 Å². The van der Waals surface area contributed by atoms with Crippen LogP contribution in [0.3, 0.4) is 0 Å². The van der Waals surface area contributed by atoms with Crippen LogP contribution in [-0.2, 0) is 4.79 Å². The van der Waals surface area contributed by atoms with Gasteiger partial charge in [-0.1, -0.05) is 12.1 Å². The lowest BCUT2D eigenvalue weighted by atomic mass is 10.0. The van der Waals surface area contributed by atoms with Gasteiger partial charge in [0.2, 0.25) is 0 Å². The third-order valence-corrected chi connectivity index (χ3v) is 2.79. The summed E-state index contributed by atoms with van der Waals surface area (Å²) >= 11 is 0. The van der Waals surface area contributed by atoms with E-state index in [1.165, 1.54) is 7.11 Å². The fraction of sp³-hybridized carbons (Fsp3) is 0.250. The molecule has 1 aliphatic heterocycles. The lowest BCUT2D eigenvalue weighted by Crippen LogP contribution is -2.32. The van der Waals surface area contributed by atoms with Crippen LogP contribution in [0.15, 0.2) is 18.2 Å². The zero-order valence-electron chi connectivity index (χ0n) is 9.58. The number of hydrogen-bond donors (Lipinski definition) is 1. The summed E-state index contributed by atoms with van der Waals surface area (Å²) < 4.78 is 5.07. The summed E-state index contributed by atoms with van der Waals surface area (Å²) in [4.78, 5) is 23.9. The third-order valence-electron chi connectivity index (χ3n) is 2.79. The van der Waals surface area contributed by atoms with Crippen LogP contribution in [0.5, 0.6) is 5.75 Å². The van der Waals surface area contributed by atoms with Gasteiger partial charge >= 0.3 is 5.97 Å². The molecule has 1 amide bonds. The molecule has 0 bridgehead atoms. The Balaban J connectivity index is 2.53. The number of ether oxygens (including phenoxy) is 1. The summed E-state index contributed by atoms with van der Waals surface area (Å²) in [6.07, 6.45) is 0. The number of amides is 1. The maximum absolute atomic E-state index is 12.1. The minimum Gasteiger partial charge on any atom is -0.496 e. The first-order chi connectivity index (χ1) is 8.60. The molecule has 1 unspecified atom stereocenters. The van der Waals surface area contributed by atoms with Crippen molar-refractivity contribution in [3.8, 4) is 11.8 Å². The fourth-order valence-electron chi connectivity index (χ4n) is 2.05. The Morgan fingerprint density at radius 3 is 2.89 bits per heavy atom. The average molecular weight is 246 g/mol. The molecule has 1 heterocycles. The SMILES string of the molecule is COc1cccc2c1C(=O)N(CC(=O)O)C2C#N. The molecule has 0 aromatic heterocycles. The van der Waals surface area contributed by atoms with Crippen LogP contribution in [0.1, 0.15) is 22.0 Å². The molecular formula is C12H10N2O4. The highest BCUT2D eigenvalue weighted by molar-refractivity contribution is 6.03. The van der Waals surface area contributed by atoms with Crippen LogP contribution >= 0.6 is 0 Å². The molecule has 1 aromatic rings. The Morgan fingerprint density at radius 2 is 2.33 bits per heavy atom. The maximum Gasteiger partial charge on any atom is 0.323 e. The molecule has 1 aliphatic rings. The second-order valence-corrected chi connectivity index (χ2v) is 3.78. The zero-order chi connectivity index (χ0) is 13.3. The molecular weight excluding hydrogens is 236 g/mol. The van der Waals surface area contributed by atoms with E-state index < -0.39 is 24.5 Å². The third kappa shape index (κ3) is 1.66. The number of nitrogens with zero attached hydrogens (tertiary/aromatic N) is 2. The first-order valence-corrected chi connectivity index (χ1v) is 5.19. The molecule has 1 atom stereocenters. The number of fused-ring (bicyclic) bond motifs is 1. The molecule has 1 aromatic carbocycles. The standard InChI is InChI=1S/C12H10N2O4/c1-18-9-4-2-3-7-8(5-13)14(6-10(15)16)12(17)11(7)9/h2-4,8H,6H2,1H3,(H,15,16). The number of rotatable bonds is 3. The number of carboxylic acid groups (broad SMARTS) is 1. The lowest BCUT2D eigenvalue weighted by Gasteiger charge is -2.16. The molecule has 2 rings (SSSR count). The number of aliphatic carboxylic acids is 1. The summed E-state index contributed by atoms with van der Waals surface area (Å²) in [5.74, 6) is -1.29. The summed E-state index contributed by atoms with van der Waals surface area (Å²) in [6.45, 7) is -0.505. The number of methoxy groups -OCH3 is 1. The number of carbonyl (C=O) groups is 2. The van der Waals surface area contributed by atoms with Crippen molar-refractivity contribution < 1.29 is 19.4 Å². The van der Waals surface area contributed by atoms with Crippen LogP contribution in [0.2, 0.25) is 0 Å². The summed E-state index contributed by atoms with van der Waals surface area (Å²) in [7, 11) is 1.42. The quantitative estimate of drug-likeness (QED) is 0.851. The zero-order valence-corrected chi connectivity index (χ0v) is 9.58. The number of hydrogen-bond acceptors (Lipinski definition) is 4. The molecule has 6 heteroatoms. The van der Waals surface area contributed by atoms with E-state index in [1.807, 2.05) is 6.07 Å². The number of carbonyl (C=O) groups excluding carboxylic acids is 1. The largest absolute Gasteiger partial charge is 0.496 e. The second-order valence-electron chi connectivity index (χ2n) is 3.78. The molecule has 1 N–H and O–H groups in total. The van der Waals surface area contributed by atoms with E-state index in [9.17, 15) is 9.59 Å². The van der Waals surface area contributed by atoms with Crippen molar-refractivity contribution in [2.24, 2.45) is 0 Å². The van der Waals surface area contributed by atoms with Crippen molar-refractivity contribution in [1.29, 1.82) is 5.26 Å². The van der Waals surface area contributed by atoms with Gasteiger partial charge in [0.1, 0.15) is 18.3 Å². The van der Waals surface area contributed by atoms with Gasteiger partial charge in [-0.3, -0.25) is 9.59 Å². The fourth-order valence-corrected chi connectivity index (χ4v) is 2.05. The van der Waals surface area contributed by atoms with Crippen LogP contribution in [0, 0.1) is 11.3 Å². The highest BCUT2D eigenvalue weighted by Gasteiger charge is 2.39. The molecule has 0 fully saturated rings. The maximum atomic E-state index is 12.1. The molecule has 0 saturated carbocycles. The molecule has 6 nitrogen and oxygen atoms in total. The minimum absolute atomic E-state index is 0.271. The van der Waals surface area contributed by atoms with Gasteiger partial charge in [-0.25, -0.2) is 0 Å². The van der Waals surface area contributed by atoms with Gasteiger partial charge in [0.05, 0.1) is 18.7 Å². The smallest absolute Gasteiger partial charge is 0.323 e. The van der Waals surface area contributed by atoms with Gasteiger partial charge in [-0.2, -0.15) is 5.26 Å². The number of carboxylic acids is 1. The summed E-state index contributed by atoms with van der Waals surface area (Å²) in [5, 5.41) is 17.9. The molecule has 0 saturated heterocycles. The van der Waals surface area contributed by atoms with Gasteiger partial charge in [-0.15, -0.1) is 0 Å². The Bertz CT molecular complexity index is 562. The van der Waals surface area contributed by atoms with Crippen molar-refractivity contribution in [2.45, 2.75) is 6.04 Å². The Labute approximate surface area is 103 Å². The second kappa shape index (κ2) is 4.37. The predicted octanol–water partition coefficient (Wildman–Crippen LogP) is 0.800. The topological polar surface area (TPSA) is 90.6 Å². The van der Waals surface area contributed by atoms with E-state index in [0.29, 0.717) is 11.3 Å². The van der Waals surface area contributed by atoms with Crippen LogP contribution in [-0.4, -0.2) is 35.5 Å². The lowest BCUT2D eigenvalue weighted by molar-refractivity contribution is -0.137. The molecule has 0 aliphatic carbocycles. The van der Waals surface area contributed by atoms with Gasteiger partial charge in [0.15, 0.2) is 0 Å². The van der Waals surface area contributed by atoms with Crippen LogP contribution in [0.25, 0.3) is 0 Å². The van der Waals surface area contributed by atoms with Crippen LogP contribution < -0.4 is 4.74 Å². The van der Waals surface area contributed by atoms with E-state index in [0.717, 1.165) is 4.90 Å². The first kappa shape index (κ1) is 11.9. The van der Waals surface area contributed by atoms with Gasteiger partial charge < -0.3 is 14.7 Å². The predicted molar refractivity (Wildman–Crippen MR) is 60.0 cm³/mol. The summed E-state index contributed by atoms with van der Waals surface area (Å²) in [5.41, 5.74) is 0.760. The van der Waals surface area contributed by atoms with Crippen LogP contribution in [0.4, 0.5) is 0 Å². The minimum atomic E-state index is -1.16. The average Bonchev–Trinajstić information content (AvgIpc) is 2.62. The van der Waals surface area contributed by atoms with Crippen molar-refractivity contribution in [3.05, 3.63) is 29.3 Å². The van der Waals surface area contributed by atoms with Crippen molar-refractivity contribution in [1.82, 2.24) is 4.90 Å². The molecule has 0 spiro atoms. The Kier molecular flexibility index (Phi) is 2.90. The highest BCUT2D eigenvalue weighted by Crippen LogP contribution is 2.37. The van der Waals surface area contributed by atoms with Crippen molar-refractivity contribution >= 4 is 11.9 Å². The molecule has 92 valence electrons. The van der Waals surface area contributed by atoms with E-state index in [2.05, 4.69) is 0 Å². The molecule has 18 heavy (non-hydrogen) atoms. The summed E-state index contributed by atoms with van der Waals surface area (Å²) in [6, 6.07) is 5.97. The molecule has 0 radical (unpaired) electrons. The van der Waals surface area contributed by atoms with E-state index in [-0.39, 0.29) is 5.56 Å². The van der Waals surface area contributed by atoms with E-state index >= 15 is 0 Å².